The minimum Gasteiger partial charge on any atom is -0.454 e. The number of amides is 2. The summed E-state index contributed by atoms with van der Waals surface area (Å²) in [6.45, 7) is -0.526. The summed E-state index contributed by atoms with van der Waals surface area (Å²) in [6, 6.07) is 12.6. The first-order valence-corrected chi connectivity index (χ1v) is 8.57. The first kappa shape index (κ1) is 20.9. The molecular formula is C20H22FN3O4. The van der Waals surface area contributed by atoms with Crippen LogP contribution < -0.4 is 15.5 Å². The molecule has 0 aliphatic rings. The average Bonchev–Trinajstić information content (AvgIpc) is 2.69. The number of benzene rings is 2. The lowest BCUT2D eigenvalue weighted by atomic mass is 10.2. The Hall–Kier alpha value is -3.42. The fourth-order valence-electron chi connectivity index (χ4n) is 2.22. The van der Waals surface area contributed by atoms with E-state index in [1.54, 1.807) is 0 Å². The molecule has 2 aromatic carbocycles. The molecule has 8 heteroatoms. The molecule has 0 aromatic heterocycles. The second-order valence-corrected chi connectivity index (χ2v) is 6.19. The normalized spacial score (nSPS) is 10.1. The van der Waals surface area contributed by atoms with Crippen molar-refractivity contribution in [1.29, 1.82) is 0 Å². The van der Waals surface area contributed by atoms with Gasteiger partial charge in [0.25, 0.3) is 11.8 Å². The van der Waals surface area contributed by atoms with Crippen molar-refractivity contribution in [2.45, 2.75) is 6.54 Å². The molecule has 0 radical (unpaired) electrons. The predicted octanol–water partition coefficient (Wildman–Crippen LogP) is 1.48. The van der Waals surface area contributed by atoms with Crippen LogP contribution in [-0.4, -0.2) is 45.0 Å². The average molecular weight is 387 g/mol. The molecule has 0 bridgehead atoms. The van der Waals surface area contributed by atoms with Crippen LogP contribution in [0.1, 0.15) is 15.9 Å². The van der Waals surface area contributed by atoms with Gasteiger partial charge in [0.05, 0.1) is 0 Å². The third-order valence-electron chi connectivity index (χ3n) is 3.81. The van der Waals surface area contributed by atoms with Crippen molar-refractivity contribution in [2.75, 3.05) is 32.1 Å². The van der Waals surface area contributed by atoms with Crippen molar-refractivity contribution < 1.29 is 23.5 Å². The van der Waals surface area contributed by atoms with Gasteiger partial charge in [0.15, 0.2) is 6.61 Å². The molecule has 0 spiro atoms. The van der Waals surface area contributed by atoms with Crippen molar-refractivity contribution in [3.8, 4) is 0 Å². The summed E-state index contributed by atoms with van der Waals surface area (Å²) in [4.78, 5) is 37.2. The number of esters is 1. The lowest BCUT2D eigenvalue weighted by molar-refractivity contribution is -0.147. The maximum atomic E-state index is 12.8. The van der Waals surface area contributed by atoms with E-state index in [9.17, 15) is 18.8 Å². The smallest absolute Gasteiger partial charge is 0.325 e. The van der Waals surface area contributed by atoms with Crippen LogP contribution in [0.2, 0.25) is 0 Å². The molecule has 0 unspecified atom stereocenters. The largest absolute Gasteiger partial charge is 0.454 e. The summed E-state index contributed by atoms with van der Waals surface area (Å²) in [6.07, 6.45) is 0. The number of anilines is 1. The van der Waals surface area contributed by atoms with E-state index in [0.29, 0.717) is 6.54 Å². The Morgan fingerprint density at radius 2 is 1.61 bits per heavy atom. The third-order valence-corrected chi connectivity index (χ3v) is 3.81. The molecule has 148 valence electrons. The molecule has 2 amide bonds. The summed E-state index contributed by atoms with van der Waals surface area (Å²) in [5.74, 6) is -2.20. The van der Waals surface area contributed by atoms with E-state index in [1.807, 2.05) is 43.3 Å². The second kappa shape index (κ2) is 10.1. The number of halogens is 1. The van der Waals surface area contributed by atoms with Crippen molar-refractivity contribution in [1.82, 2.24) is 10.6 Å². The zero-order valence-corrected chi connectivity index (χ0v) is 15.7. The van der Waals surface area contributed by atoms with Crippen molar-refractivity contribution in [2.24, 2.45) is 0 Å². The fourth-order valence-corrected chi connectivity index (χ4v) is 2.22. The third kappa shape index (κ3) is 6.71. The molecule has 0 aliphatic heterocycles. The van der Waals surface area contributed by atoms with Gasteiger partial charge in [-0.05, 0) is 42.0 Å². The molecule has 0 aliphatic carbocycles. The molecule has 7 nitrogen and oxygen atoms in total. The van der Waals surface area contributed by atoms with Crippen LogP contribution in [0.5, 0.6) is 0 Å². The summed E-state index contributed by atoms with van der Waals surface area (Å²) in [7, 11) is 3.88. The summed E-state index contributed by atoms with van der Waals surface area (Å²) in [5, 5.41) is 4.99. The fraction of sp³-hybridized carbons (Fsp3) is 0.250. The van der Waals surface area contributed by atoms with Crippen LogP contribution in [0.4, 0.5) is 10.1 Å². The number of carbonyl (C=O) groups excluding carboxylic acids is 3. The van der Waals surface area contributed by atoms with Gasteiger partial charge in [-0.1, -0.05) is 12.1 Å². The van der Waals surface area contributed by atoms with Gasteiger partial charge in [0.2, 0.25) is 0 Å². The van der Waals surface area contributed by atoms with Crippen LogP contribution in [-0.2, 0) is 20.9 Å². The van der Waals surface area contributed by atoms with E-state index in [0.717, 1.165) is 23.4 Å². The Morgan fingerprint density at radius 3 is 2.21 bits per heavy atom. The molecule has 0 heterocycles. The van der Waals surface area contributed by atoms with Crippen LogP contribution in [0.3, 0.4) is 0 Å². The van der Waals surface area contributed by atoms with E-state index in [2.05, 4.69) is 10.6 Å². The minimum atomic E-state index is -0.749. The Labute approximate surface area is 162 Å². The molecule has 0 atom stereocenters. The SMILES string of the molecule is CN(C)c1ccc(CNC(=O)COC(=O)CNC(=O)c2ccc(F)cc2)cc1. The lowest BCUT2D eigenvalue weighted by Crippen LogP contribution is -2.33. The highest BCUT2D eigenvalue weighted by atomic mass is 19.1. The first-order chi connectivity index (χ1) is 13.3. The molecule has 2 N–H and O–H groups in total. The van der Waals surface area contributed by atoms with E-state index in [1.165, 1.54) is 12.1 Å². The summed E-state index contributed by atoms with van der Waals surface area (Å²) >= 11 is 0. The molecule has 0 saturated heterocycles. The predicted molar refractivity (Wildman–Crippen MR) is 102 cm³/mol. The van der Waals surface area contributed by atoms with E-state index in [-0.39, 0.29) is 5.56 Å². The van der Waals surface area contributed by atoms with Crippen molar-refractivity contribution >= 4 is 23.5 Å². The zero-order chi connectivity index (χ0) is 20.5. The number of rotatable bonds is 8. The second-order valence-electron chi connectivity index (χ2n) is 6.19. The van der Waals surface area contributed by atoms with E-state index >= 15 is 0 Å². The lowest BCUT2D eigenvalue weighted by Gasteiger charge is -2.13. The Bertz CT molecular complexity index is 820. The van der Waals surface area contributed by atoms with E-state index < -0.39 is 36.8 Å². The number of hydrogen-bond acceptors (Lipinski definition) is 5. The maximum absolute atomic E-state index is 12.8. The van der Waals surface area contributed by atoms with Gasteiger partial charge in [0.1, 0.15) is 12.4 Å². The van der Waals surface area contributed by atoms with Gasteiger partial charge in [-0.3, -0.25) is 14.4 Å². The number of nitrogens with one attached hydrogen (secondary N) is 2. The van der Waals surface area contributed by atoms with Crippen LogP contribution in [0, 0.1) is 5.82 Å². The highest BCUT2D eigenvalue weighted by molar-refractivity contribution is 5.96. The highest BCUT2D eigenvalue weighted by Crippen LogP contribution is 2.11. The minimum absolute atomic E-state index is 0.215. The maximum Gasteiger partial charge on any atom is 0.325 e. The van der Waals surface area contributed by atoms with E-state index in [4.69, 9.17) is 4.74 Å². The van der Waals surface area contributed by atoms with Crippen LogP contribution in [0.25, 0.3) is 0 Å². The van der Waals surface area contributed by atoms with Gasteiger partial charge in [-0.15, -0.1) is 0 Å². The number of nitrogens with zero attached hydrogens (tertiary/aromatic N) is 1. The number of hydrogen-bond donors (Lipinski definition) is 2. The van der Waals surface area contributed by atoms with Crippen molar-refractivity contribution in [3.63, 3.8) is 0 Å². The summed E-state index contributed by atoms with van der Waals surface area (Å²) in [5.41, 5.74) is 2.18. The van der Waals surface area contributed by atoms with Crippen LogP contribution in [0.15, 0.2) is 48.5 Å². The summed E-state index contributed by atoms with van der Waals surface area (Å²) < 4.78 is 17.6. The first-order valence-electron chi connectivity index (χ1n) is 8.57. The molecule has 28 heavy (non-hydrogen) atoms. The monoisotopic (exact) mass is 387 g/mol. The molecule has 2 rings (SSSR count). The molecule has 0 saturated carbocycles. The number of carbonyl (C=O) groups is 3. The molecule has 2 aromatic rings. The Balaban J connectivity index is 1.66. The molecule has 0 fully saturated rings. The van der Waals surface area contributed by atoms with Gasteiger partial charge in [0, 0.05) is 31.9 Å². The number of ether oxygens (including phenoxy) is 1. The van der Waals surface area contributed by atoms with Gasteiger partial charge >= 0.3 is 5.97 Å². The Kier molecular flexibility index (Phi) is 7.50. The van der Waals surface area contributed by atoms with Crippen LogP contribution >= 0.6 is 0 Å². The van der Waals surface area contributed by atoms with Gasteiger partial charge in [-0.2, -0.15) is 0 Å². The molecular weight excluding hydrogens is 365 g/mol. The van der Waals surface area contributed by atoms with Gasteiger partial charge in [-0.25, -0.2) is 4.39 Å². The quantitative estimate of drug-likeness (QED) is 0.670. The zero-order valence-electron chi connectivity index (χ0n) is 15.7. The van der Waals surface area contributed by atoms with Gasteiger partial charge < -0.3 is 20.3 Å². The standard InChI is InChI=1S/C20H22FN3O4/c1-24(2)17-9-3-14(4-10-17)11-22-18(25)13-28-19(26)12-23-20(27)15-5-7-16(21)8-6-15/h3-10H,11-13H2,1-2H3,(H,22,25)(H,23,27). The van der Waals surface area contributed by atoms with Crippen molar-refractivity contribution in [3.05, 3.63) is 65.5 Å². The topological polar surface area (TPSA) is 87.7 Å². The Morgan fingerprint density at radius 1 is 0.964 bits per heavy atom. The highest BCUT2D eigenvalue weighted by Gasteiger charge is 2.11.